The number of nitrogens with one attached hydrogen (secondary N) is 1. The molecule has 0 radical (unpaired) electrons. The Morgan fingerprint density at radius 1 is 0.895 bits per heavy atom. The largest absolute Gasteiger partial charge is 0.466 e. The van der Waals surface area contributed by atoms with E-state index in [2.05, 4.69) is 5.32 Å². The molecule has 3 amide bonds. The normalized spacial score (nSPS) is 13.1. The summed E-state index contributed by atoms with van der Waals surface area (Å²) in [6, 6.07) is 19.0. The Hall–Kier alpha value is -4.17. The SMILES string of the molecule is CCNC(=O)c1ccc2c(c1)N(Cc1ccc(Cl)cc1)C(=O)CC(=O)N2c1ccc(CC(=O)OCC)cc1. The van der Waals surface area contributed by atoms with E-state index in [0.717, 1.165) is 11.1 Å². The zero-order chi connectivity index (χ0) is 27.2. The van der Waals surface area contributed by atoms with Crippen molar-refractivity contribution < 1.29 is 23.9 Å². The van der Waals surface area contributed by atoms with Crippen LogP contribution in [-0.4, -0.2) is 36.8 Å². The average molecular weight is 534 g/mol. The number of hydrogen-bond donors (Lipinski definition) is 1. The lowest BCUT2D eigenvalue weighted by atomic mass is 10.1. The van der Waals surface area contributed by atoms with E-state index in [1.807, 2.05) is 19.1 Å². The smallest absolute Gasteiger partial charge is 0.310 e. The van der Waals surface area contributed by atoms with Crippen molar-refractivity contribution in [3.63, 3.8) is 0 Å². The van der Waals surface area contributed by atoms with Crippen LogP contribution in [0.2, 0.25) is 5.02 Å². The maximum atomic E-state index is 13.4. The van der Waals surface area contributed by atoms with Crippen LogP contribution in [0.15, 0.2) is 66.7 Å². The van der Waals surface area contributed by atoms with Crippen LogP contribution in [0.4, 0.5) is 17.1 Å². The Morgan fingerprint density at radius 3 is 2.24 bits per heavy atom. The molecule has 0 fully saturated rings. The molecule has 0 aliphatic carbocycles. The van der Waals surface area contributed by atoms with Crippen molar-refractivity contribution in [3.8, 4) is 0 Å². The van der Waals surface area contributed by atoms with Crippen molar-refractivity contribution in [3.05, 3.63) is 88.4 Å². The van der Waals surface area contributed by atoms with Gasteiger partial charge in [0.15, 0.2) is 0 Å². The number of ether oxygens (including phenoxy) is 1. The second kappa shape index (κ2) is 11.9. The quantitative estimate of drug-likeness (QED) is 0.331. The van der Waals surface area contributed by atoms with Crippen LogP contribution in [0.25, 0.3) is 0 Å². The first-order valence-corrected chi connectivity index (χ1v) is 12.7. The Balaban J connectivity index is 1.77. The molecule has 8 nitrogen and oxygen atoms in total. The second-order valence-electron chi connectivity index (χ2n) is 8.72. The molecular weight excluding hydrogens is 506 g/mol. The van der Waals surface area contributed by atoms with Gasteiger partial charge >= 0.3 is 5.97 Å². The van der Waals surface area contributed by atoms with Gasteiger partial charge in [0.05, 0.1) is 30.9 Å². The molecule has 0 spiro atoms. The predicted molar refractivity (Wildman–Crippen MR) is 146 cm³/mol. The Kier molecular flexibility index (Phi) is 8.43. The van der Waals surface area contributed by atoms with Gasteiger partial charge in [-0.25, -0.2) is 0 Å². The van der Waals surface area contributed by atoms with Crippen LogP contribution >= 0.6 is 11.6 Å². The van der Waals surface area contributed by atoms with Crippen LogP contribution in [0.3, 0.4) is 0 Å². The fourth-order valence-electron chi connectivity index (χ4n) is 4.28. The van der Waals surface area contributed by atoms with Crippen molar-refractivity contribution in [2.24, 2.45) is 0 Å². The van der Waals surface area contributed by atoms with Gasteiger partial charge in [0, 0.05) is 22.8 Å². The standard InChI is InChI=1S/C29H28ClN3O5/c1-3-31-29(37)21-9-14-24-25(16-21)32(18-20-5-10-22(30)11-6-20)26(34)17-27(35)33(24)23-12-7-19(8-13-23)15-28(36)38-4-2/h5-14,16H,3-4,15,17-18H2,1-2H3,(H,31,37). The summed E-state index contributed by atoms with van der Waals surface area (Å²) in [4.78, 5) is 54.3. The van der Waals surface area contributed by atoms with E-state index >= 15 is 0 Å². The third kappa shape index (κ3) is 6.03. The van der Waals surface area contributed by atoms with Gasteiger partial charge in [0.1, 0.15) is 6.42 Å². The van der Waals surface area contributed by atoms with Gasteiger partial charge < -0.3 is 15.0 Å². The summed E-state index contributed by atoms with van der Waals surface area (Å²) in [5.74, 6) is -1.41. The number of amides is 3. The Bertz CT molecular complexity index is 1360. The third-order valence-electron chi connectivity index (χ3n) is 6.06. The van der Waals surface area contributed by atoms with Crippen molar-refractivity contribution in [1.29, 1.82) is 0 Å². The first-order chi connectivity index (χ1) is 18.3. The lowest BCUT2D eigenvalue weighted by Crippen LogP contribution is -2.31. The van der Waals surface area contributed by atoms with Crippen LogP contribution in [0.5, 0.6) is 0 Å². The molecule has 4 rings (SSSR count). The van der Waals surface area contributed by atoms with E-state index < -0.39 is 5.91 Å². The number of anilines is 3. The minimum Gasteiger partial charge on any atom is -0.466 e. The van der Waals surface area contributed by atoms with Crippen LogP contribution < -0.4 is 15.1 Å². The highest BCUT2D eigenvalue weighted by molar-refractivity contribution is 6.30. The molecule has 0 aromatic heterocycles. The molecule has 3 aromatic carbocycles. The molecule has 38 heavy (non-hydrogen) atoms. The molecule has 0 saturated heterocycles. The fraction of sp³-hybridized carbons (Fsp3) is 0.241. The molecule has 1 N–H and O–H groups in total. The zero-order valence-electron chi connectivity index (χ0n) is 21.2. The number of carbonyl (C=O) groups is 4. The highest BCUT2D eigenvalue weighted by Gasteiger charge is 2.33. The molecule has 1 aliphatic rings. The minimum absolute atomic E-state index is 0.113. The molecule has 1 aliphatic heterocycles. The first-order valence-electron chi connectivity index (χ1n) is 12.3. The van der Waals surface area contributed by atoms with E-state index in [-0.39, 0.29) is 37.2 Å². The van der Waals surface area contributed by atoms with Crippen LogP contribution in [0, 0.1) is 0 Å². The summed E-state index contributed by atoms with van der Waals surface area (Å²) in [7, 11) is 0. The maximum absolute atomic E-state index is 13.4. The fourth-order valence-corrected chi connectivity index (χ4v) is 4.40. The van der Waals surface area contributed by atoms with Crippen molar-refractivity contribution in [2.75, 3.05) is 23.0 Å². The number of halogens is 1. The summed E-state index contributed by atoms with van der Waals surface area (Å²) in [5, 5.41) is 3.35. The lowest BCUT2D eigenvalue weighted by molar-refractivity contribution is -0.142. The van der Waals surface area contributed by atoms with Crippen molar-refractivity contribution in [1.82, 2.24) is 5.32 Å². The molecule has 0 bridgehead atoms. The number of rotatable bonds is 8. The predicted octanol–water partition coefficient (Wildman–Crippen LogP) is 4.80. The Labute approximate surface area is 226 Å². The van der Waals surface area contributed by atoms with E-state index in [0.29, 0.717) is 40.8 Å². The summed E-state index contributed by atoms with van der Waals surface area (Å²) in [6.07, 6.45) is -0.245. The number of hydrogen-bond acceptors (Lipinski definition) is 5. The van der Waals surface area contributed by atoms with Gasteiger partial charge in [-0.05, 0) is 67.4 Å². The van der Waals surface area contributed by atoms with Gasteiger partial charge in [-0.15, -0.1) is 0 Å². The number of fused-ring (bicyclic) bond motifs is 1. The lowest BCUT2D eigenvalue weighted by Gasteiger charge is -2.26. The van der Waals surface area contributed by atoms with Crippen molar-refractivity contribution in [2.45, 2.75) is 33.2 Å². The summed E-state index contributed by atoms with van der Waals surface area (Å²) in [6.45, 7) is 4.52. The van der Waals surface area contributed by atoms with E-state index in [4.69, 9.17) is 16.3 Å². The number of carbonyl (C=O) groups excluding carboxylic acids is 4. The maximum Gasteiger partial charge on any atom is 0.310 e. The monoisotopic (exact) mass is 533 g/mol. The van der Waals surface area contributed by atoms with Gasteiger partial charge in [0.25, 0.3) is 5.91 Å². The molecule has 0 atom stereocenters. The van der Waals surface area contributed by atoms with Crippen molar-refractivity contribution >= 4 is 52.4 Å². The van der Waals surface area contributed by atoms with Gasteiger partial charge in [-0.2, -0.15) is 0 Å². The molecule has 196 valence electrons. The molecule has 0 unspecified atom stereocenters. The number of esters is 1. The van der Waals surface area contributed by atoms with E-state index in [1.165, 1.54) is 9.80 Å². The Morgan fingerprint density at radius 2 is 1.58 bits per heavy atom. The molecule has 1 heterocycles. The van der Waals surface area contributed by atoms with E-state index in [1.54, 1.807) is 61.5 Å². The topological polar surface area (TPSA) is 96.0 Å². The highest BCUT2D eigenvalue weighted by Crippen LogP contribution is 2.39. The van der Waals surface area contributed by atoms with Crippen LogP contribution in [-0.2, 0) is 32.1 Å². The zero-order valence-corrected chi connectivity index (χ0v) is 22.0. The summed E-state index contributed by atoms with van der Waals surface area (Å²) >= 11 is 6.03. The first kappa shape index (κ1) is 26.9. The molecular formula is C29H28ClN3O5. The molecule has 3 aromatic rings. The van der Waals surface area contributed by atoms with Gasteiger partial charge in [-0.3, -0.25) is 24.1 Å². The second-order valence-corrected chi connectivity index (χ2v) is 9.16. The van der Waals surface area contributed by atoms with E-state index in [9.17, 15) is 19.2 Å². The summed E-state index contributed by atoms with van der Waals surface area (Å²) in [5.41, 5.74) is 3.38. The molecule has 9 heteroatoms. The molecule has 0 saturated carbocycles. The number of benzene rings is 3. The minimum atomic E-state index is -0.404. The van der Waals surface area contributed by atoms with Gasteiger partial charge in [-0.1, -0.05) is 35.9 Å². The summed E-state index contributed by atoms with van der Waals surface area (Å²) < 4.78 is 5.01. The van der Waals surface area contributed by atoms with Gasteiger partial charge in [0.2, 0.25) is 11.8 Å². The highest BCUT2D eigenvalue weighted by atomic mass is 35.5. The van der Waals surface area contributed by atoms with Crippen LogP contribution in [0.1, 0.15) is 41.8 Å². The number of nitrogens with zero attached hydrogens (tertiary/aromatic N) is 2. The average Bonchev–Trinajstić information content (AvgIpc) is 2.99. The third-order valence-corrected chi connectivity index (χ3v) is 6.31.